The van der Waals surface area contributed by atoms with Crippen molar-refractivity contribution in [2.24, 2.45) is 0 Å². The number of benzene rings is 1. The first-order valence-electron chi connectivity index (χ1n) is 7.06. The smallest absolute Gasteiger partial charge is 0.319 e. The highest BCUT2D eigenvalue weighted by Crippen LogP contribution is 2.20. The summed E-state index contributed by atoms with van der Waals surface area (Å²) in [4.78, 5) is 27.5. The average Bonchev–Trinajstić information content (AvgIpc) is 2.55. The van der Waals surface area contributed by atoms with Crippen LogP contribution in [0.1, 0.15) is 16.1 Å². The zero-order valence-electron chi connectivity index (χ0n) is 12.6. The van der Waals surface area contributed by atoms with Gasteiger partial charge in [0.1, 0.15) is 0 Å². The Hall–Kier alpha value is -2.60. The lowest BCUT2D eigenvalue weighted by Gasteiger charge is -2.09. The van der Waals surface area contributed by atoms with Gasteiger partial charge in [-0.3, -0.25) is 9.78 Å². The third-order valence-corrected chi connectivity index (χ3v) is 3.40. The van der Waals surface area contributed by atoms with Crippen molar-refractivity contribution in [3.05, 3.63) is 58.9 Å². The number of halogens is 1. The number of anilines is 1. The highest BCUT2D eigenvalue weighted by Gasteiger charge is 2.10. The summed E-state index contributed by atoms with van der Waals surface area (Å²) >= 11 is 6.03. The minimum Gasteiger partial charge on any atom is -0.355 e. The monoisotopic (exact) mass is 332 g/mol. The van der Waals surface area contributed by atoms with E-state index < -0.39 is 0 Å². The van der Waals surface area contributed by atoms with Gasteiger partial charge in [0, 0.05) is 37.6 Å². The number of carbonyl (C=O) groups excluding carboxylic acids is 2. The Bertz CT molecular complexity index is 692. The number of rotatable bonds is 5. The topological polar surface area (TPSA) is 83.1 Å². The molecule has 6 nitrogen and oxygen atoms in total. The zero-order chi connectivity index (χ0) is 16.7. The van der Waals surface area contributed by atoms with Gasteiger partial charge < -0.3 is 16.0 Å². The molecule has 0 aliphatic heterocycles. The average molecular weight is 333 g/mol. The number of carbonyl (C=O) groups is 2. The van der Waals surface area contributed by atoms with E-state index in [-0.39, 0.29) is 17.0 Å². The maximum Gasteiger partial charge on any atom is 0.319 e. The molecule has 0 radical (unpaired) electrons. The fraction of sp³-hybridized carbons (Fsp3) is 0.188. The summed E-state index contributed by atoms with van der Waals surface area (Å²) in [6, 6.07) is 10.0. The van der Waals surface area contributed by atoms with E-state index in [0.29, 0.717) is 24.2 Å². The van der Waals surface area contributed by atoms with Crippen molar-refractivity contribution in [2.75, 3.05) is 18.9 Å². The van der Waals surface area contributed by atoms with Gasteiger partial charge in [0.2, 0.25) is 0 Å². The first kappa shape index (κ1) is 16.8. The number of urea groups is 1. The third kappa shape index (κ3) is 4.96. The van der Waals surface area contributed by atoms with Gasteiger partial charge in [-0.25, -0.2) is 4.79 Å². The molecule has 0 saturated carbocycles. The van der Waals surface area contributed by atoms with Gasteiger partial charge in [0.25, 0.3) is 5.91 Å². The summed E-state index contributed by atoms with van der Waals surface area (Å²) in [5, 5.41) is 8.17. The molecule has 0 spiro atoms. The second-order valence-corrected chi connectivity index (χ2v) is 5.13. The van der Waals surface area contributed by atoms with Crippen LogP contribution in [0.3, 0.4) is 0 Å². The summed E-state index contributed by atoms with van der Waals surface area (Å²) in [6.45, 7) is 0.465. The van der Waals surface area contributed by atoms with Crippen LogP contribution in [-0.4, -0.2) is 30.5 Å². The largest absolute Gasteiger partial charge is 0.355 e. The first-order valence-corrected chi connectivity index (χ1v) is 7.44. The zero-order valence-corrected chi connectivity index (χ0v) is 13.4. The molecule has 2 aromatic rings. The first-order chi connectivity index (χ1) is 11.1. The fourth-order valence-electron chi connectivity index (χ4n) is 1.94. The van der Waals surface area contributed by atoms with E-state index in [2.05, 4.69) is 20.9 Å². The molecule has 0 fully saturated rings. The van der Waals surface area contributed by atoms with E-state index >= 15 is 0 Å². The van der Waals surface area contributed by atoms with Gasteiger partial charge in [-0.15, -0.1) is 0 Å². The van der Waals surface area contributed by atoms with Crippen LogP contribution >= 0.6 is 11.6 Å². The summed E-state index contributed by atoms with van der Waals surface area (Å²) < 4.78 is 0. The Morgan fingerprint density at radius 3 is 2.70 bits per heavy atom. The summed E-state index contributed by atoms with van der Waals surface area (Å²) in [6.07, 6.45) is 2.36. The van der Waals surface area contributed by atoms with Crippen molar-refractivity contribution in [1.29, 1.82) is 0 Å². The maximum atomic E-state index is 11.8. The lowest BCUT2D eigenvalue weighted by Crippen LogP contribution is -2.30. The van der Waals surface area contributed by atoms with Gasteiger partial charge in [0.15, 0.2) is 0 Å². The van der Waals surface area contributed by atoms with Gasteiger partial charge in [-0.2, -0.15) is 0 Å². The van der Waals surface area contributed by atoms with Crippen LogP contribution in [0.15, 0.2) is 42.6 Å². The summed E-state index contributed by atoms with van der Waals surface area (Å²) in [5.41, 5.74) is 1.78. The number of pyridine rings is 1. The van der Waals surface area contributed by atoms with Crippen LogP contribution in [0.25, 0.3) is 0 Å². The van der Waals surface area contributed by atoms with Crippen molar-refractivity contribution < 1.29 is 9.59 Å². The molecule has 0 unspecified atom stereocenters. The van der Waals surface area contributed by atoms with E-state index in [0.717, 1.165) is 5.69 Å². The third-order valence-electron chi connectivity index (χ3n) is 3.09. The summed E-state index contributed by atoms with van der Waals surface area (Å²) in [5.74, 6) is -0.277. The van der Waals surface area contributed by atoms with Gasteiger partial charge >= 0.3 is 6.03 Å². The van der Waals surface area contributed by atoms with Gasteiger partial charge in [-0.05, 0) is 30.3 Å². The van der Waals surface area contributed by atoms with Crippen molar-refractivity contribution in [1.82, 2.24) is 15.6 Å². The van der Waals surface area contributed by atoms with E-state index in [1.165, 1.54) is 13.1 Å². The molecule has 3 amide bonds. The number of aromatic nitrogens is 1. The molecular formula is C16H17ClN4O2. The molecule has 120 valence electrons. The Morgan fingerprint density at radius 1 is 1.22 bits per heavy atom. The molecule has 3 N–H and O–H groups in total. The summed E-state index contributed by atoms with van der Waals surface area (Å²) in [7, 11) is 1.53. The molecule has 0 atom stereocenters. The SMILES string of the molecule is CNC(=O)c1ccc(NC(=O)NCCc2ccccn2)cc1Cl. The van der Waals surface area contributed by atoms with Crippen LogP contribution in [-0.2, 0) is 6.42 Å². The molecule has 0 bridgehead atoms. The van der Waals surface area contributed by atoms with E-state index in [4.69, 9.17) is 11.6 Å². The van der Waals surface area contributed by atoms with Crippen molar-refractivity contribution in [2.45, 2.75) is 6.42 Å². The van der Waals surface area contributed by atoms with Gasteiger partial charge in [0.05, 0.1) is 10.6 Å². The van der Waals surface area contributed by atoms with Crippen LogP contribution in [0.5, 0.6) is 0 Å². The Balaban J connectivity index is 1.85. The van der Waals surface area contributed by atoms with Crippen LogP contribution < -0.4 is 16.0 Å². The van der Waals surface area contributed by atoms with Crippen molar-refractivity contribution in [3.63, 3.8) is 0 Å². The maximum absolute atomic E-state index is 11.8. The predicted octanol–water partition coefficient (Wildman–Crippen LogP) is 2.46. The number of hydrogen-bond acceptors (Lipinski definition) is 3. The molecular weight excluding hydrogens is 316 g/mol. The van der Waals surface area contributed by atoms with Crippen molar-refractivity contribution >= 4 is 29.2 Å². The lowest BCUT2D eigenvalue weighted by atomic mass is 10.2. The number of nitrogens with one attached hydrogen (secondary N) is 3. The molecule has 1 aromatic heterocycles. The van der Waals surface area contributed by atoms with Crippen LogP contribution in [0, 0.1) is 0 Å². The van der Waals surface area contributed by atoms with E-state index in [1.807, 2.05) is 18.2 Å². The molecule has 23 heavy (non-hydrogen) atoms. The Kier molecular flexibility index (Phi) is 5.94. The number of hydrogen-bond donors (Lipinski definition) is 3. The molecule has 0 aliphatic rings. The lowest BCUT2D eigenvalue weighted by molar-refractivity contribution is 0.0963. The predicted molar refractivity (Wildman–Crippen MR) is 89.8 cm³/mol. The van der Waals surface area contributed by atoms with E-state index in [9.17, 15) is 9.59 Å². The second kappa shape index (κ2) is 8.14. The van der Waals surface area contributed by atoms with Gasteiger partial charge in [-0.1, -0.05) is 17.7 Å². The fourth-order valence-corrected chi connectivity index (χ4v) is 2.20. The Morgan fingerprint density at radius 2 is 2.04 bits per heavy atom. The molecule has 7 heteroatoms. The molecule has 2 rings (SSSR count). The molecule has 0 saturated heterocycles. The Labute approximate surface area is 139 Å². The highest BCUT2D eigenvalue weighted by molar-refractivity contribution is 6.34. The van der Waals surface area contributed by atoms with E-state index in [1.54, 1.807) is 18.3 Å². The second-order valence-electron chi connectivity index (χ2n) is 4.73. The standard InChI is InChI=1S/C16H17ClN4O2/c1-18-15(22)13-6-5-12(10-14(13)17)21-16(23)20-9-7-11-4-2-3-8-19-11/h2-6,8,10H,7,9H2,1H3,(H,18,22)(H2,20,21,23). The number of nitrogens with zero attached hydrogens (tertiary/aromatic N) is 1. The molecule has 1 heterocycles. The quantitative estimate of drug-likeness (QED) is 0.786. The van der Waals surface area contributed by atoms with Crippen molar-refractivity contribution in [3.8, 4) is 0 Å². The van der Waals surface area contributed by atoms with Crippen LogP contribution in [0.2, 0.25) is 5.02 Å². The normalized spacial score (nSPS) is 10.0. The molecule has 1 aromatic carbocycles. The minimum absolute atomic E-state index is 0.274. The highest BCUT2D eigenvalue weighted by atomic mass is 35.5. The minimum atomic E-state index is -0.343. The van der Waals surface area contributed by atoms with Crippen LogP contribution in [0.4, 0.5) is 10.5 Å². The molecule has 0 aliphatic carbocycles. The number of amides is 3.